The van der Waals surface area contributed by atoms with Gasteiger partial charge in [0.1, 0.15) is 17.9 Å². The van der Waals surface area contributed by atoms with Crippen molar-refractivity contribution in [3.8, 4) is 5.88 Å². The number of nitrogens with zero attached hydrogens (tertiary/aromatic N) is 2. The summed E-state index contributed by atoms with van der Waals surface area (Å²) in [6.07, 6.45) is 5.52. The highest BCUT2D eigenvalue weighted by Crippen LogP contribution is 2.63. The fourth-order valence-corrected chi connectivity index (χ4v) is 8.20. The summed E-state index contributed by atoms with van der Waals surface area (Å²) in [7, 11) is 5.09. The Hall–Kier alpha value is -2.64. The highest BCUT2D eigenvalue weighted by atomic mass is 28.1. The second kappa shape index (κ2) is 7.18. The molecule has 166 valence electrons. The van der Waals surface area contributed by atoms with Gasteiger partial charge in [-0.2, -0.15) is 0 Å². The number of benzene rings is 1. The standard InChI is InChI=1S/C25H28N2O4Si/c1-27(2)20-16-10-15-13-8-9-14(24(13)32)17(15)21(28)18(16)22(29)19-23(20)31-26-25(19)30-11-12-6-4-3-5-7-12/h3-9,13-17,20,24,28H,10-11H2,1-2,32H3/t13-,14+,15+,16-,17-,20-,24?/m1/s1. The number of hydrogen-bond acceptors (Lipinski definition) is 6. The van der Waals surface area contributed by atoms with Gasteiger partial charge in [0.15, 0.2) is 5.76 Å². The van der Waals surface area contributed by atoms with E-state index in [9.17, 15) is 9.90 Å². The third kappa shape index (κ3) is 2.67. The van der Waals surface area contributed by atoms with Gasteiger partial charge in [0, 0.05) is 27.7 Å². The van der Waals surface area contributed by atoms with Crippen LogP contribution in [0.3, 0.4) is 0 Å². The van der Waals surface area contributed by atoms with Gasteiger partial charge in [0.2, 0.25) is 5.78 Å². The van der Waals surface area contributed by atoms with Crippen LogP contribution in [-0.4, -0.2) is 45.3 Å². The number of hydrogen-bond donors (Lipinski definition) is 1. The van der Waals surface area contributed by atoms with Crippen LogP contribution in [0.5, 0.6) is 5.88 Å². The van der Waals surface area contributed by atoms with Gasteiger partial charge >= 0.3 is 0 Å². The zero-order valence-corrected chi connectivity index (χ0v) is 20.6. The topological polar surface area (TPSA) is 75.8 Å². The first kappa shape index (κ1) is 20.0. The number of ether oxygens (including phenoxy) is 1. The molecule has 1 saturated carbocycles. The van der Waals surface area contributed by atoms with Crippen LogP contribution in [0.4, 0.5) is 0 Å². The molecule has 1 N–H and O–H groups in total. The smallest absolute Gasteiger partial charge is 0.266 e. The van der Waals surface area contributed by atoms with Gasteiger partial charge in [-0.25, -0.2) is 0 Å². The molecule has 1 unspecified atom stereocenters. The molecule has 6 rings (SSSR count). The lowest BCUT2D eigenvalue weighted by atomic mass is 9.63. The fourth-order valence-electron chi connectivity index (χ4n) is 6.84. The molecule has 2 bridgehead atoms. The van der Waals surface area contributed by atoms with E-state index in [4.69, 9.17) is 9.26 Å². The lowest BCUT2D eigenvalue weighted by Crippen LogP contribution is -2.42. The van der Waals surface area contributed by atoms with Gasteiger partial charge in [0.25, 0.3) is 5.88 Å². The summed E-state index contributed by atoms with van der Waals surface area (Å²) in [5.41, 5.74) is 2.56. The van der Waals surface area contributed by atoms with Crippen LogP contribution in [0, 0.1) is 29.6 Å². The van der Waals surface area contributed by atoms with Gasteiger partial charge in [-0.15, -0.1) is 0 Å². The molecule has 32 heavy (non-hydrogen) atoms. The molecule has 1 heterocycles. The largest absolute Gasteiger partial charge is 0.512 e. The first-order chi connectivity index (χ1) is 15.5. The summed E-state index contributed by atoms with van der Waals surface area (Å²) in [5, 5.41) is 15.6. The Labute approximate surface area is 190 Å². The Morgan fingerprint density at radius 2 is 1.97 bits per heavy atom. The molecule has 0 amide bonds. The van der Waals surface area contributed by atoms with Crippen LogP contribution in [0.1, 0.15) is 34.1 Å². The van der Waals surface area contributed by atoms with Crippen LogP contribution in [-0.2, 0) is 6.61 Å². The summed E-state index contributed by atoms with van der Waals surface area (Å²) in [6.45, 7) is 0.301. The van der Waals surface area contributed by atoms with E-state index in [0.29, 0.717) is 52.6 Å². The number of rotatable bonds is 4. The normalized spacial score (nSPS) is 34.7. The molecule has 6 nitrogen and oxygen atoms in total. The molecule has 7 heteroatoms. The van der Waals surface area contributed by atoms with Gasteiger partial charge in [-0.3, -0.25) is 9.69 Å². The van der Waals surface area contributed by atoms with E-state index >= 15 is 0 Å². The van der Waals surface area contributed by atoms with E-state index in [0.717, 1.165) is 22.2 Å². The molecule has 0 radical (unpaired) electrons. The number of fused-ring (bicyclic) bond motifs is 7. The van der Waals surface area contributed by atoms with E-state index in [1.54, 1.807) is 0 Å². The minimum Gasteiger partial charge on any atom is -0.512 e. The first-order valence-corrected chi connectivity index (χ1v) is 12.6. The predicted molar refractivity (Wildman–Crippen MR) is 123 cm³/mol. The number of Topliss-reactive ketones (excluding diaryl/α,β-unsaturated/α-hetero) is 1. The second-order valence-corrected chi connectivity index (χ2v) is 11.3. The number of aliphatic hydroxyl groups excluding tert-OH is 1. The molecule has 2 aromatic rings. The molecule has 0 saturated heterocycles. The van der Waals surface area contributed by atoms with Crippen molar-refractivity contribution in [3.63, 3.8) is 0 Å². The first-order valence-electron chi connectivity index (χ1n) is 11.5. The highest BCUT2D eigenvalue weighted by molar-refractivity contribution is 6.14. The third-order valence-corrected chi connectivity index (χ3v) is 9.75. The van der Waals surface area contributed by atoms with Crippen molar-refractivity contribution < 1.29 is 19.2 Å². The number of carbonyl (C=O) groups is 1. The summed E-state index contributed by atoms with van der Waals surface area (Å²) in [6, 6.07) is 9.63. The number of allylic oxidation sites excluding steroid dienone is 3. The molecule has 0 spiro atoms. The average molecular weight is 449 g/mol. The van der Waals surface area contributed by atoms with Crippen molar-refractivity contribution in [2.24, 2.45) is 29.6 Å². The Balaban J connectivity index is 1.41. The maximum absolute atomic E-state index is 13.8. The van der Waals surface area contributed by atoms with Crippen LogP contribution in [0.25, 0.3) is 0 Å². The van der Waals surface area contributed by atoms with Crippen LogP contribution in [0.15, 0.2) is 58.3 Å². The molecule has 0 aliphatic heterocycles. The number of aromatic nitrogens is 1. The van der Waals surface area contributed by atoms with Crippen molar-refractivity contribution in [1.29, 1.82) is 0 Å². The van der Waals surface area contributed by atoms with Crippen molar-refractivity contribution in [2.45, 2.75) is 24.6 Å². The van der Waals surface area contributed by atoms with E-state index in [1.807, 2.05) is 44.4 Å². The average Bonchev–Trinajstić information content (AvgIpc) is 3.44. The molecule has 4 aliphatic carbocycles. The second-order valence-electron chi connectivity index (χ2n) is 9.97. The van der Waals surface area contributed by atoms with E-state index in [-0.39, 0.29) is 29.5 Å². The van der Waals surface area contributed by atoms with Crippen molar-refractivity contribution in [2.75, 3.05) is 14.1 Å². The van der Waals surface area contributed by atoms with E-state index in [2.05, 4.69) is 22.2 Å². The van der Waals surface area contributed by atoms with Crippen LogP contribution >= 0.6 is 0 Å². The Morgan fingerprint density at radius 3 is 2.72 bits per heavy atom. The Morgan fingerprint density at radius 1 is 1.22 bits per heavy atom. The van der Waals surface area contributed by atoms with Crippen LogP contribution in [0.2, 0.25) is 5.54 Å². The summed E-state index contributed by atoms with van der Waals surface area (Å²) in [5.74, 6) is 2.17. The van der Waals surface area contributed by atoms with E-state index < -0.39 is 0 Å². The quantitative estimate of drug-likeness (QED) is 0.572. The monoisotopic (exact) mass is 448 g/mol. The predicted octanol–water partition coefficient (Wildman–Crippen LogP) is 3.09. The minimum absolute atomic E-state index is 0.0700. The molecular weight excluding hydrogens is 420 g/mol. The van der Waals surface area contributed by atoms with Gasteiger partial charge in [-0.1, -0.05) is 42.5 Å². The number of aliphatic hydroxyl groups is 1. The molecule has 1 aromatic carbocycles. The zero-order valence-electron chi connectivity index (χ0n) is 18.6. The molecule has 1 aromatic heterocycles. The SMILES string of the molecule is CN(C)[C@H]1c2onc(OCc3ccccc3)c2C(=O)C2=C(O)[C@H]3[C@@H](C[C@H]21)[C@H]1C=C[C@@H]3C1[SiH3]. The lowest BCUT2D eigenvalue weighted by molar-refractivity contribution is 0.0821. The molecular formula is C25H28N2O4Si. The highest BCUT2D eigenvalue weighted by Gasteiger charge is 2.58. The van der Waals surface area contributed by atoms with Crippen molar-refractivity contribution >= 4 is 16.0 Å². The zero-order chi connectivity index (χ0) is 22.1. The minimum atomic E-state index is -0.181. The maximum Gasteiger partial charge on any atom is 0.266 e. The number of carbonyl (C=O) groups excluding carboxylic acids is 1. The summed E-state index contributed by atoms with van der Waals surface area (Å²) < 4.78 is 11.7. The lowest BCUT2D eigenvalue weighted by Gasteiger charge is -2.43. The Kier molecular flexibility index (Phi) is 4.49. The van der Waals surface area contributed by atoms with E-state index in [1.165, 1.54) is 0 Å². The van der Waals surface area contributed by atoms with Crippen molar-refractivity contribution in [3.05, 3.63) is 70.7 Å². The summed E-state index contributed by atoms with van der Waals surface area (Å²) >= 11 is 0. The van der Waals surface area contributed by atoms with Gasteiger partial charge < -0.3 is 14.4 Å². The maximum atomic E-state index is 13.8. The van der Waals surface area contributed by atoms with Gasteiger partial charge in [0.05, 0.1) is 6.04 Å². The van der Waals surface area contributed by atoms with Crippen molar-refractivity contribution in [1.82, 2.24) is 10.1 Å². The molecule has 1 fully saturated rings. The number of ketones is 1. The third-order valence-electron chi connectivity index (χ3n) is 8.21. The van der Waals surface area contributed by atoms with Gasteiger partial charge in [-0.05, 0) is 54.5 Å². The van der Waals surface area contributed by atoms with Crippen LogP contribution < -0.4 is 4.74 Å². The fraction of sp³-hybridized carbons (Fsp3) is 0.440. The Bertz CT molecular complexity index is 1140. The molecule has 4 aliphatic rings. The summed E-state index contributed by atoms with van der Waals surface area (Å²) in [4.78, 5) is 15.9. The molecule has 7 atom stereocenters.